The molecule has 1 aliphatic carbocycles. The number of amides is 3. The molecule has 0 saturated heterocycles. The van der Waals surface area contributed by atoms with Gasteiger partial charge in [0, 0.05) is 10.6 Å². The van der Waals surface area contributed by atoms with Gasteiger partial charge in [0.1, 0.15) is 0 Å². The van der Waals surface area contributed by atoms with Crippen molar-refractivity contribution in [2.45, 2.75) is 75.9 Å². The lowest BCUT2D eigenvalue weighted by Gasteiger charge is -2.48. The number of H-pyrrole nitrogens is 1. The number of nitrogens with zero attached hydrogens (tertiary/aromatic N) is 2. The number of aromatic amines is 1. The number of nitrogens with one attached hydrogen (secondary N) is 3. The Balaban J connectivity index is 1.55. The van der Waals surface area contributed by atoms with Gasteiger partial charge in [-0.2, -0.15) is 5.10 Å². The molecule has 1 aliphatic heterocycles. The lowest BCUT2D eigenvalue weighted by atomic mass is 9.83. The summed E-state index contributed by atoms with van der Waals surface area (Å²) < 4.78 is 4.93. The first kappa shape index (κ1) is 25.0. The number of hydrogen-bond donors (Lipinski definition) is 3. The first-order valence-corrected chi connectivity index (χ1v) is 15.5. The zero-order chi connectivity index (χ0) is 25.6. The number of fused-ring (bicyclic) bond motifs is 1. The molecule has 2 aliphatic rings. The maximum absolute atomic E-state index is 13.4. The van der Waals surface area contributed by atoms with Crippen LogP contribution in [-0.4, -0.2) is 48.2 Å². The van der Waals surface area contributed by atoms with Crippen LogP contribution in [0.5, 0.6) is 0 Å². The Morgan fingerprint density at radius 3 is 2.34 bits per heavy atom. The summed E-state index contributed by atoms with van der Waals surface area (Å²) in [6, 6.07) is 7.65. The summed E-state index contributed by atoms with van der Waals surface area (Å²) in [5, 5.41) is 13.1. The van der Waals surface area contributed by atoms with Crippen molar-refractivity contribution < 1.29 is 19.1 Å². The molecule has 0 radical (unpaired) electrons. The third-order valence-corrected chi connectivity index (χ3v) is 11.5. The topological polar surface area (TPSA) is 116 Å². The zero-order valence-corrected chi connectivity index (χ0v) is 22.3. The maximum atomic E-state index is 13.4. The molecule has 1 aromatic carbocycles. The standard InChI is InChI=1S/C25H35N5O4Si/c1-24(2)19-17(20(29-28-19)27-22(32)25(13-10-14-25)35(4,5)6)15-30(24)23(33)26-18(21(31)34-3)16-11-8-7-9-12-16/h7-9,11-12,18H,10,13-15H2,1-6H3,(H,26,33)(H2,27,28,29,32). The Morgan fingerprint density at radius 1 is 1.14 bits per heavy atom. The number of carbonyl (C=O) groups is 3. The van der Waals surface area contributed by atoms with Gasteiger partial charge >= 0.3 is 12.0 Å². The minimum absolute atomic E-state index is 0.0350. The van der Waals surface area contributed by atoms with Crippen LogP contribution >= 0.6 is 0 Å². The van der Waals surface area contributed by atoms with E-state index in [2.05, 4.69) is 40.5 Å². The fourth-order valence-corrected chi connectivity index (χ4v) is 7.86. The second-order valence-corrected chi connectivity index (χ2v) is 16.5. The molecular weight excluding hydrogens is 462 g/mol. The molecule has 10 heteroatoms. The highest BCUT2D eigenvalue weighted by Gasteiger charge is 2.54. The molecule has 2 aromatic rings. The molecule has 1 fully saturated rings. The van der Waals surface area contributed by atoms with Crippen LogP contribution in [0.4, 0.5) is 10.6 Å². The van der Waals surface area contributed by atoms with Crippen molar-refractivity contribution in [2.75, 3.05) is 12.4 Å². The molecule has 35 heavy (non-hydrogen) atoms. The largest absolute Gasteiger partial charge is 0.467 e. The number of aromatic nitrogens is 2. The smallest absolute Gasteiger partial charge is 0.333 e. The highest BCUT2D eigenvalue weighted by molar-refractivity contribution is 6.83. The lowest BCUT2D eigenvalue weighted by Crippen LogP contribution is -2.52. The second kappa shape index (κ2) is 8.82. The van der Waals surface area contributed by atoms with Crippen LogP contribution in [0.2, 0.25) is 24.7 Å². The summed E-state index contributed by atoms with van der Waals surface area (Å²) >= 11 is 0. The summed E-state index contributed by atoms with van der Waals surface area (Å²) in [7, 11) is -0.443. The van der Waals surface area contributed by atoms with Gasteiger partial charge in [-0.1, -0.05) is 56.4 Å². The van der Waals surface area contributed by atoms with Gasteiger partial charge in [0.2, 0.25) is 5.91 Å². The molecule has 2 heterocycles. The number of urea groups is 1. The SMILES string of the molecule is COC(=O)C(NC(=O)N1Cc2c(NC(=O)C3([Si](C)(C)C)CCC3)n[nH]c2C1(C)C)c1ccccc1. The van der Waals surface area contributed by atoms with E-state index in [1.54, 1.807) is 29.2 Å². The molecule has 3 N–H and O–H groups in total. The molecular formula is C25H35N5O4Si. The average molecular weight is 498 g/mol. The van der Waals surface area contributed by atoms with Gasteiger partial charge in [0.05, 0.1) is 33.0 Å². The van der Waals surface area contributed by atoms with E-state index in [-0.39, 0.29) is 17.5 Å². The number of ether oxygens (including phenoxy) is 1. The van der Waals surface area contributed by atoms with E-state index >= 15 is 0 Å². The van der Waals surface area contributed by atoms with Crippen LogP contribution in [-0.2, 0) is 26.4 Å². The van der Waals surface area contributed by atoms with Gasteiger partial charge in [-0.3, -0.25) is 9.89 Å². The van der Waals surface area contributed by atoms with Crippen molar-refractivity contribution in [2.24, 2.45) is 0 Å². The molecule has 1 atom stereocenters. The molecule has 4 rings (SSSR count). The fourth-order valence-electron chi connectivity index (χ4n) is 5.26. The van der Waals surface area contributed by atoms with Gasteiger partial charge in [-0.15, -0.1) is 0 Å². The summed E-state index contributed by atoms with van der Waals surface area (Å²) in [5.41, 5.74) is 1.47. The first-order chi connectivity index (χ1) is 16.4. The molecule has 0 bridgehead atoms. The summed E-state index contributed by atoms with van der Waals surface area (Å²) in [4.78, 5) is 40.9. The highest BCUT2D eigenvalue weighted by atomic mass is 28.3. The summed E-state index contributed by atoms with van der Waals surface area (Å²) in [6.07, 6.45) is 2.89. The Hall–Kier alpha value is -3.14. The number of hydrogen-bond acceptors (Lipinski definition) is 5. The Bertz CT molecular complexity index is 1130. The lowest BCUT2D eigenvalue weighted by molar-refractivity contribution is -0.143. The van der Waals surface area contributed by atoms with Crippen molar-refractivity contribution in [3.05, 3.63) is 47.2 Å². The zero-order valence-electron chi connectivity index (χ0n) is 21.3. The molecule has 0 spiro atoms. The van der Waals surface area contributed by atoms with E-state index in [4.69, 9.17) is 4.74 Å². The van der Waals surface area contributed by atoms with E-state index in [9.17, 15) is 14.4 Å². The first-order valence-electron chi connectivity index (χ1n) is 12.0. The number of anilines is 1. The van der Waals surface area contributed by atoms with Gasteiger partial charge < -0.3 is 20.3 Å². The Morgan fingerprint density at radius 2 is 1.80 bits per heavy atom. The summed E-state index contributed by atoms with van der Waals surface area (Å²) in [5.74, 6) is -0.0370. The van der Waals surface area contributed by atoms with Crippen molar-refractivity contribution in [3.63, 3.8) is 0 Å². The molecule has 1 unspecified atom stereocenters. The number of carbonyl (C=O) groups excluding carboxylic acids is 3. The minimum atomic E-state index is -1.74. The van der Waals surface area contributed by atoms with Crippen LogP contribution in [0.3, 0.4) is 0 Å². The van der Waals surface area contributed by atoms with Crippen LogP contribution in [0.25, 0.3) is 0 Å². The predicted molar refractivity (Wildman–Crippen MR) is 135 cm³/mol. The van der Waals surface area contributed by atoms with Crippen molar-refractivity contribution >= 4 is 31.8 Å². The fraction of sp³-hybridized carbons (Fsp3) is 0.520. The quantitative estimate of drug-likeness (QED) is 0.407. The number of benzene rings is 1. The third kappa shape index (κ3) is 4.13. The number of esters is 1. The van der Waals surface area contributed by atoms with Gasteiger partial charge in [-0.25, -0.2) is 9.59 Å². The van der Waals surface area contributed by atoms with Crippen LogP contribution < -0.4 is 10.6 Å². The Kier molecular flexibility index (Phi) is 6.29. The van der Waals surface area contributed by atoms with E-state index in [0.29, 0.717) is 11.4 Å². The minimum Gasteiger partial charge on any atom is -0.467 e. The van der Waals surface area contributed by atoms with Gasteiger partial charge in [-0.05, 0) is 32.3 Å². The molecule has 9 nitrogen and oxygen atoms in total. The second-order valence-electron chi connectivity index (χ2n) is 11.0. The number of methoxy groups -OCH3 is 1. The summed E-state index contributed by atoms with van der Waals surface area (Å²) in [6.45, 7) is 10.8. The van der Waals surface area contributed by atoms with E-state index in [1.807, 2.05) is 19.9 Å². The highest BCUT2D eigenvalue weighted by Crippen LogP contribution is 2.56. The van der Waals surface area contributed by atoms with Crippen molar-refractivity contribution in [1.82, 2.24) is 20.4 Å². The molecule has 1 aromatic heterocycles. The normalized spacial score (nSPS) is 18.7. The maximum Gasteiger partial charge on any atom is 0.333 e. The van der Waals surface area contributed by atoms with Crippen LogP contribution in [0.15, 0.2) is 30.3 Å². The van der Waals surface area contributed by atoms with Crippen molar-refractivity contribution in [1.29, 1.82) is 0 Å². The third-order valence-electron chi connectivity index (χ3n) is 7.86. The number of rotatable bonds is 6. The molecule has 188 valence electrons. The van der Waals surface area contributed by atoms with E-state index in [1.165, 1.54) is 7.11 Å². The predicted octanol–water partition coefficient (Wildman–Crippen LogP) is 4.29. The van der Waals surface area contributed by atoms with E-state index in [0.717, 1.165) is 30.5 Å². The van der Waals surface area contributed by atoms with Gasteiger partial charge in [0.15, 0.2) is 11.9 Å². The molecule has 1 saturated carbocycles. The molecule has 3 amide bonds. The average Bonchev–Trinajstić information content (AvgIpc) is 3.28. The monoisotopic (exact) mass is 497 g/mol. The van der Waals surface area contributed by atoms with Crippen molar-refractivity contribution in [3.8, 4) is 0 Å². The Labute approximate surface area is 207 Å². The van der Waals surface area contributed by atoms with Crippen LogP contribution in [0, 0.1) is 0 Å². The van der Waals surface area contributed by atoms with E-state index < -0.39 is 31.7 Å². The van der Waals surface area contributed by atoms with Crippen LogP contribution in [0.1, 0.15) is 56.0 Å². The van der Waals surface area contributed by atoms with Gasteiger partial charge in [0.25, 0.3) is 0 Å².